The fourth-order valence-corrected chi connectivity index (χ4v) is 3.20. The maximum absolute atomic E-state index is 13.2. The molecule has 3 aromatic rings. The van der Waals surface area contributed by atoms with Crippen LogP contribution in [0.15, 0.2) is 72.8 Å². The maximum atomic E-state index is 13.2. The highest BCUT2D eigenvalue weighted by molar-refractivity contribution is 6.08. The van der Waals surface area contributed by atoms with Crippen molar-refractivity contribution in [1.29, 1.82) is 0 Å². The quantitative estimate of drug-likeness (QED) is 0.705. The highest BCUT2D eigenvalue weighted by Crippen LogP contribution is 2.34. The van der Waals surface area contributed by atoms with Crippen molar-refractivity contribution in [2.24, 2.45) is 5.73 Å². The van der Waals surface area contributed by atoms with Crippen LogP contribution < -0.4 is 20.1 Å². The predicted octanol–water partition coefficient (Wildman–Crippen LogP) is 3.30. The Morgan fingerprint density at radius 1 is 1.07 bits per heavy atom. The summed E-state index contributed by atoms with van der Waals surface area (Å²) in [6.07, 6.45) is -0.929. The number of amides is 2. The molecule has 1 aliphatic heterocycles. The second kappa shape index (κ2) is 8.24. The molecule has 0 bridgehead atoms. The van der Waals surface area contributed by atoms with Gasteiger partial charge < -0.3 is 20.1 Å². The molecule has 0 aromatic heterocycles. The number of nitrogens with two attached hydrogens (primary N) is 1. The van der Waals surface area contributed by atoms with Crippen molar-refractivity contribution in [3.8, 4) is 11.5 Å². The predicted molar refractivity (Wildman–Crippen MR) is 109 cm³/mol. The first-order valence-corrected chi connectivity index (χ1v) is 9.35. The van der Waals surface area contributed by atoms with Gasteiger partial charge in [0.05, 0.1) is 12.2 Å². The molecule has 2 amide bonds. The van der Waals surface area contributed by atoms with Crippen LogP contribution in [0.2, 0.25) is 0 Å². The van der Waals surface area contributed by atoms with Gasteiger partial charge in [0.15, 0.2) is 6.10 Å². The number of hydrogen-bond acceptors (Lipinski definition) is 4. The zero-order valence-corrected chi connectivity index (χ0v) is 16.0. The molecule has 0 spiro atoms. The third-order valence-corrected chi connectivity index (χ3v) is 4.74. The lowest BCUT2D eigenvalue weighted by Gasteiger charge is -2.33. The molecule has 1 heterocycles. The Labute approximate surface area is 172 Å². The van der Waals surface area contributed by atoms with Crippen LogP contribution in [0.1, 0.15) is 15.9 Å². The molecule has 0 radical (unpaired) electrons. The van der Waals surface area contributed by atoms with Gasteiger partial charge in [-0.15, -0.1) is 0 Å². The molecule has 0 fully saturated rings. The lowest BCUT2D eigenvalue weighted by molar-refractivity contribution is -0.124. The molecule has 2 N–H and O–H groups in total. The van der Waals surface area contributed by atoms with Gasteiger partial charge in [-0.05, 0) is 48.0 Å². The van der Waals surface area contributed by atoms with Gasteiger partial charge in [-0.3, -0.25) is 9.59 Å². The van der Waals surface area contributed by atoms with Crippen LogP contribution in [0.3, 0.4) is 0 Å². The average Bonchev–Trinajstić information content (AvgIpc) is 2.77. The maximum Gasteiger partial charge on any atom is 0.260 e. The number of primary amides is 1. The van der Waals surface area contributed by atoms with Gasteiger partial charge >= 0.3 is 0 Å². The summed E-state index contributed by atoms with van der Waals surface area (Å²) in [5.41, 5.74) is 7.18. The minimum Gasteiger partial charge on any atom is -0.489 e. The number of hydrogen-bond donors (Lipinski definition) is 1. The average molecular weight is 406 g/mol. The second-order valence-electron chi connectivity index (χ2n) is 6.84. The van der Waals surface area contributed by atoms with E-state index in [0.29, 0.717) is 22.7 Å². The van der Waals surface area contributed by atoms with Crippen molar-refractivity contribution < 1.29 is 23.5 Å². The first kappa shape index (κ1) is 19.4. The molecular formula is C23H19FN2O4. The third kappa shape index (κ3) is 4.10. The SMILES string of the molecule is NC(=O)C1CN(C(=O)c2cccc(OCc3ccc(F)cc3)c2)c2ccccc2O1. The summed E-state index contributed by atoms with van der Waals surface area (Å²) in [7, 11) is 0. The summed E-state index contributed by atoms with van der Waals surface area (Å²) in [5, 5.41) is 0. The number of anilines is 1. The molecule has 3 aromatic carbocycles. The number of benzene rings is 3. The van der Waals surface area contributed by atoms with Crippen LogP contribution in [-0.2, 0) is 11.4 Å². The topological polar surface area (TPSA) is 81.9 Å². The summed E-state index contributed by atoms with van der Waals surface area (Å²) in [4.78, 5) is 26.4. The van der Waals surface area contributed by atoms with E-state index >= 15 is 0 Å². The number of rotatable bonds is 5. The molecular weight excluding hydrogens is 387 g/mol. The number of nitrogens with zero attached hydrogens (tertiary/aromatic N) is 1. The van der Waals surface area contributed by atoms with Crippen molar-refractivity contribution >= 4 is 17.5 Å². The van der Waals surface area contributed by atoms with Crippen molar-refractivity contribution in [1.82, 2.24) is 0 Å². The van der Waals surface area contributed by atoms with Crippen LogP contribution in [-0.4, -0.2) is 24.5 Å². The highest BCUT2D eigenvalue weighted by Gasteiger charge is 2.33. The zero-order valence-electron chi connectivity index (χ0n) is 16.0. The Hall–Kier alpha value is -3.87. The van der Waals surface area contributed by atoms with Crippen molar-refractivity contribution in [2.75, 3.05) is 11.4 Å². The van der Waals surface area contributed by atoms with Crippen molar-refractivity contribution in [3.05, 3.63) is 89.7 Å². The van der Waals surface area contributed by atoms with Crippen LogP contribution >= 0.6 is 0 Å². The van der Waals surface area contributed by atoms with Crippen molar-refractivity contribution in [3.63, 3.8) is 0 Å². The van der Waals surface area contributed by atoms with Gasteiger partial charge in [-0.2, -0.15) is 0 Å². The molecule has 152 valence electrons. The Bertz CT molecular complexity index is 1080. The van der Waals surface area contributed by atoms with Crippen LogP contribution in [0.5, 0.6) is 11.5 Å². The standard InChI is InChI=1S/C23H19FN2O4/c24-17-10-8-15(9-11-17)14-29-18-5-3-4-16(12-18)23(28)26-13-21(22(25)27)30-20-7-2-1-6-19(20)26/h1-12,21H,13-14H2,(H2,25,27). The molecule has 1 atom stereocenters. The zero-order chi connectivity index (χ0) is 21.1. The minimum atomic E-state index is -0.929. The lowest BCUT2D eigenvalue weighted by Crippen LogP contribution is -2.49. The first-order chi connectivity index (χ1) is 14.5. The fourth-order valence-electron chi connectivity index (χ4n) is 3.20. The number of ether oxygens (including phenoxy) is 2. The number of carbonyl (C=O) groups excluding carboxylic acids is 2. The molecule has 0 aliphatic carbocycles. The number of fused-ring (bicyclic) bond motifs is 1. The summed E-state index contributed by atoms with van der Waals surface area (Å²) in [5.74, 6) is -0.336. The van der Waals surface area contributed by atoms with E-state index in [-0.39, 0.29) is 24.9 Å². The monoisotopic (exact) mass is 406 g/mol. The van der Waals surface area contributed by atoms with E-state index in [9.17, 15) is 14.0 Å². The van der Waals surface area contributed by atoms with E-state index in [1.165, 1.54) is 17.0 Å². The van der Waals surface area contributed by atoms with E-state index in [0.717, 1.165) is 5.56 Å². The summed E-state index contributed by atoms with van der Waals surface area (Å²) in [6, 6.07) is 19.7. The van der Waals surface area contributed by atoms with E-state index < -0.39 is 12.0 Å². The summed E-state index contributed by atoms with van der Waals surface area (Å²) < 4.78 is 24.4. The van der Waals surface area contributed by atoms with Gasteiger partial charge in [-0.25, -0.2) is 4.39 Å². The number of halogens is 1. The fraction of sp³-hybridized carbons (Fsp3) is 0.130. The van der Waals surface area contributed by atoms with Crippen LogP contribution in [0, 0.1) is 5.82 Å². The normalized spacial score (nSPS) is 15.1. The summed E-state index contributed by atoms with van der Waals surface area (Å²) in [6.45, 7) is 0.258. The molecule has 4 rings (SSSR count). The Morgan fingerprint density at radius 2 is 1.83 bits per heavy atom. The van der Waals surface area contributed by atoms with E-state index in [1.807, 2.05) is 0 Å². The molecule has 6 nitrogen and oxygen atoms in total. The van der Waals surface area contributed by atoms with Gasteiger partial charge in [0, 0.05) is 5.56 Å². The first-order valence-electron chi connectivity index (χ1n) is 9.35. The lowest BCUT2D eigenvalue weighted by atomic mass is 10.1. The molecule has 1 aliphatic rings. The summed E-state index contributed by atoms with van der Waals surface area (Å²) >= 11 is 0. The largest absolute Gasteiger partial charge is 0.489 e. The molecule has 0 saturated carbocycles. The molecule has 0 saturated heterocycles. The molecule has 1 unspecified atom stereocenters. The van der Waals surface area contributed by atoms with Crippen molar-refractivity contribution in [2.45, 2.75) is 12.7 Å². The van der Waals surface area contributed by atoms with E-state index in [1.54, 1.807) is 60.7 Å². The van der Waals surface area contributed by atoms with Gasteiger partial charge in [0.2, 0.25) is 0 Å². The Balaban J connectivity index is 1.55. The third-order valence-electron chi connectivity index (χ3n) is 4.74. The van der Waals surface area contributed by atoms with Crippen LogP contribution in [0.4, 0.5) is 10.1 Å². The van der Waals surface area contributed by atoms with Gasteiger partial charge in [-0.1, -0.05) is 30.3 Å². The minimum absolute atomic E-state index is 0.0197. The Kier molecular flexibility index (Phi) is 5.34. The van der Waals surface area contributed by atoms with Gasteiger partial charge in [0.25, 0.3) is 11.8 Å². The Morgan fingerprint density at radius 3 is 2.60 bits per heavy atom. The second-order valence-corrected chi connectivity index (χ2v) is 6.84. The molecule has 30 heavy (non-hydrogen) atoms. The smallest absolute Gasteiger partial charge is 0.260 e. The van der Waals surface area contributed by atoms with Crippen LogP contribution in [0.25, 0.3) is 0 Å². The number of carbonyl (C=O) groups is 2. The van der Waals surface area contributed by atoms with Gasteiger partial charge in [0.1, 0.15) is 23.9 Å². The number of para-hydroxylation sites is 2. The van der Waals surface area contributed by atoms with E-state index in [2.05, 4.69) is 0 Å². The van der Waals surface area contributed by atoms with E-state index in [4.69, 9.17) is 15.2 Å². The highest BCUT2D eigenvalue weighted by atomic mass is 19.1. The molecule has 7 heteroatoms.